The number of amides is 1. The van der Waals surface area contributed by atoms with Gasteiger partial charge < -0.3 is 10.6 Å². The van der Waals surface area contributed by atoms with Crippen molar-refractivity contribution in [3.8, 4) is 0 Å². The molecular weight excluding hydrogens is 250 g/mol. The molecule has 3 nitrogen and oxygen atoms in total. The second-order valence-corrected chi connectivity index (χ2v) is 4.97. The Morgan fingerprint density at radius 1 is 1.47 bits per heavy atom. The van der Waals surface area contributed by atoms with Crippen LogP contribution in [0.3, 0.4) is 0 Å². The number of nitrogens with one attached hydrogen (secondary N) is 2. The van der Waals surface area contributed by atoms with Crippen molar-refractivity contribution in [2.45, 2.75) is 38.3 Å². The van der Waals surface area contributed by atoms with E-state index in [9.17, 15) is 13.6 Å². The van der Waals surface area contributed by atoms with E-state index in [2.05, 4.69) is 10.6 Å². The van der Waals surface area contributed by atoms with Gasteiger partial charge in [-0.2, -0.15) is 0 Å². The van der Waals surface area contributed by atoms with E-state index in [1.54, 1.807) is 0 Å². The molecule has 2 N–H and O–H groups in total. The minimum atomic E-state index is -0.676. The van der Waals surface area contributed by atoms with E-state index >= 15 is 0 Å². The second-order valence-electron chi connectivity index (χ2n) is 4.97. The quantitative estimate of drug-likeness (QED) is 0.877. The van der Waals surface area contributed by atoms with Crippen LogP contribution in [0.4, 0.5) is 8.78 Å². The Morgan fingerprint density at radius 3 is 2.95 bits per heavy atom. The lowest BCUT2D eigenvalue weighted by atomic mass is 9.99. The standard InChI is InChI=1S/C14H18F2N2O/c1-9-13(3-2-6-17-9)18-14(19)7-10-4-5-11(15)8-12(10)16/h4-5,8-9,13,17H,2-3,6-7H2,1H3,(H,18,19)/t9-,13+/m1/s1. The van der Waals surface area contributed by atoms with Crippen molar-refractivity contribution in [2.24, 2.45) is 0 Å². The number of carbonyl (C=O) groups is 1. The first kappa shape index (κ1) is 13.9. The average Bonchev–Trinajstić information content (AvgIpc) is 2.36. The van der Waals surface area contributed by atoms with Gasteiger partial charge >= 0.3 is 0 Å². The zero-order valence-electron chi connectivity index (χ0n) is 10.9. The molecule has 1 heterocycles. The monoisotopic (exact) mass is 268 g/mol. The molecule has 1 fully saturated rings. The predicted octanol–water partition coefficient (Wildman–Crippen LogP) is 1.76. The van der Waals surface area contributed by atoms with Crippen LogP contribution in [0.2, 0.25) is 0 Å². The minimum absolute atomic E-state index is 0.0602. The lowest BCUT2D eigenvalue weighted by molar-refractivity contribution is -0.121. The lowest BCUT2D eigenvalue weighted by Gasteiger charge is -2.30. The van der Waals surface area contributed by atoms with E-state index < -0.39 is 11.6 Å². The highest BCUT2D eigenvalue weighted by atomic mass is 19.1. The summed E-state index contributed by atoms with van der Waals surface area (Å²) in [5.74, 6) is -1.54. The van der Waals surface area contributed by atoms with E-state index in [1.165, 1.54) is 6.07 Å². The molecule has 0 aromatic heterocycles. The van der Waals surface area contributed by atoms with E-state index in [-0.39, 0.29) is 30.0 Å². The summed E-state index contributed by atoms with van der Waals surface area (Å²) in [6, 6.07) is 3.57. The van der Waals surface area contributed by atoms with Crippen molar-refractivity contribution in [3.05, 3.63) is 35.4 Å². The molecule has 5 heteroatoms. The number of carbonyl (C=O) groups excluding carboxylic acids is 1. The Labute approximate surface area is 111 Å². The largest absolute Gasteiger partial charge is 0.352 e. The first-order valence-corrected chi connectivity index (χ1v) is 6.53. The van der Waals surface area contributed by atoms with Crippen LogP contribution in [0.25, 0.3) is 0 Å². The number of piperidine rings is 1. The summed E-state index contributed by atoms with van der Waals surface area (Å²) in [5.41, 5.74) is 0.218. The van der Waals surface area contributed by atoms with Gasteiger partial charge in [0.05, 0.1) is 6.42 Å². The minimum Gasteiger partial charge on any atom is -0.352 e. The van der Waals surface area contributed by atoms with Gasteiger partial charge in [0.25, 0.3) is 0 Å². The van der Waals surface area contributed by atoms with Crippen LogP contribution >= 0.6 is 0 Å². The molecule has 1 aliphatic rings. The Hall–Kier alpha value is -1.49. The molecule has 2 rings (SSSR count). The number of hydrogen-bond acceptors (Lipinski definition) is 2. The van der Waals surface area contributed by atoms with Gasteiger partial charge in [-0.3, -0.25) is 4.79 Å². The van der Waals surface area contributed by atoms with Crippen LogP contribution in [-0.4, -0.2) is 24.5 Å². The molecule has 0 saturated carbocycles. The van der Waals surface area contributed by atoms with Gasteiger partial charge in [0.15, 0.2) is 0 Å². The summed E-state index contributed by atoms with van der Waals surface area (Å²) in [6.45, 7) is 2.97. The van der Waals surface area contributed by atoms with E-state index in [0.29, 0.717) is 0 Å². The Bertz CT molecular complexity index is 465. The molecule has 1 saturated heterocycles. The Morgan fingerprint density at radius 2 is 2.26 bits per heavy atom. The summed E-state index contributed by atoms with van der Waals surface area (Å²) in [4.78, 5) is 11.9. The molecule has 104 valence electrons. The first-order chi connectivity index (χ1) is 9.06. The Balaban J connectivity index is 1.93. The molecule has 1 aromatic rings. The average molecular weight is 268 g/mol. The summed E-state index contributed by atoms with van der Waals surface area (Å²) >= 11 is 0. The van der Waals surface area contributed by atoms with Crippen molar-refractivity contribution in [1.82, 2.24) is 10.6 Å². The normalized spacial score (nSPS) is 23.1. The summed E-state index contributed by atoms with van der Waals surface area (Å²) in [7, 11) is 0. The zero-order chi connectivity index (χ0) is 13.8. The first-order valence-electron chi connectivity index (χ1n) is 6.53. The topological polar surface area (TPSA) is 41.1 Å². The summed E-state index contributed by atoms with van der Waals surface area (Å²) in [5, 5.41) is 6.18. The van der Waals surface area contributed by atoms with E-state index in [1.807, 2.05) is 6.92 Å². The van der Waals surface area contributed by atoms with Crippen LogP contribution in [0.15, 0.2) is 18.2 Å². The fourth-order valence-corrected chi connectivity index (χ4v) is 2.34. The molecule has 19 heavy (non-hydrogen) atoms. The molecule has 0 radical (unpaired) electrons. The Kier molecular flexibility index (Phi) is 4.47. The molecule has 0 spiro atoms. The number of hydrogen-bond donors (Lipinski definition) is 2. The van der Waals surface area contributed by atoms with Crippen molar-refractivity contribution in [1.29, 1.82) is 0 Å². The van der Waals surface area contributed by atoms with Crippen LogP contribution in [0.1, 0.15) is 25.3 Å². The molecule has 0 aliphatic carbocycles. The third-order valence-electron chi connectivity index (χ3n) is 3.47. The smallest absolute Gasteiger partial charge is 0.224 e. The predicted molar refractivity (Wildman–Crippen MR) is 68.7 cm³/mol. The zero-order valence-corrected chi connectivity index (χ0v) is 10.9. The molecule has 1 amide bonds. The van der Waals surface area contributed by atoms with E-state index in [4.69, 9.17) is 0 Å². The van der Waals surface area contributed by atoms with Crippen molar-refractivity contribution in [2.75, 3.05) is 6.54 Å². The molecule has 0 unspecified atom stereocenters. The summed E-state index contributed by atoms with van der Waals surface area (Å²) in [6.07, 6.45) is 1.88. The maximum atomic E-state index is 13.4. The lowest BCUT2D eigenvalue weighted by Crippen LogP contribution is -2.52. The summed E-state index contributed by atoms with van der Waals surface area (Å²) < 4.78 is 26.2. The van der Waals surface area contributed by atoms with Crippen molar-refractivity contribution in [3.63, 3.8) is 0 Å². The van der Waals surface area contributed by atoms with Gasteiger partial charge in [0.1, 0.15) is 11.6 Å². The van der Waals surface area contributed by atoms with Crippen molar-refractivity contribution < 1.29 is 13.6 Å². The highest BCUT2D eigenvalue weighted by Gasteiger charge is 2.22. The molecular formula is C14H18F2N2O. The van der Waals surface area contributed by atoms with Crippen molar-refractivity contribution >= 4 is 5.91 Å². The van der Waals surface area contributed by atoms with Gasteiger partial charge in [-0.05, 0) is 37.9 Å². The molecule has 2 atom stereocenters. The third-order valence-corrected chi connectivity index (χ3v) is 3.47. The SMILES string of the molecule is C[C@H]1NCCC[C@@H]1NC(=O)Cc1ccc(F)cc1F. The van der Waals surface area contributed by atoms with Crippen LogP contribution in [0, 0.1) is 11.6 Å². The number of rotatable bonds is 3. The van der Waals surface area contributed by atoms with Gasteiger partial charge in [-0.15, -0.1) is 0 Å². The van der Waals surface area contributed by atoms with E-state index in [0.717, 1.165) is 31.5 Å². The molecule has 1 aromatic carbocycles. The number of benzene rings is 1. The van der Waals surface area contributed by atoms with Crippen LogP contribution in [-0.2, 0) is 11.2 Å². The number of halogens is 2. The second kappa shape index (κ2) is 6.10. The van der Waals surface area contributed by atoms with Gasteiger partial charge in [-0.25, -0.2) is 8.78 Å². The molecule has 0 bridgehead atoms. The highest BCUT2D eigenvalue weighted by molar-refractivity contribution is 5.79. The fourth-order valence-electron chi connectivity index (χ4n) is 2.34. The fraction of sp³-hybridized carbons (Fsp3) is 0.500. The van der Waals surface area contributed by atoms with Crippen LogP contribution < -0.4 is 10.6 Å². The highest BCUT2D eigenvalue weighted by Crippen LogP contribution is 2.12. The van der Waals surface area contributed by atoms with Gasteiger partial charge in [0, 0.05) is 18.2 Å². The maximum Gasteiger partial charge on any atom is 0.224 e. The maximum absolute atomic E-state index is 13.4. The third kappa shape index (κ3) is 3.73. The van der Waals surface area contributed by atoms with Gasteiger partial charge in [-0.1, -0.05) is 6.07 Å². The van der Waals surface area contributed by atoms with Crippen LogP contribution in [0.5, 0.6) is 0 Å². The molecule has 1 aliphatic heterocycles. The van der Waals surface area contributed by atoms with Gasteiger partial charge in [0.2, 0.25) is 5.91 Å².